The lowest BCUT2D eigenvalue weighted by Gasteiger charge is -2.21. The molecule has 0 aliphatic heterocycles. The molecule has 0 saturated carbocycles. The Morgan fingerprint density at radius 3 is 2.91 bits per heavy atom. The molecule has 0 heterocycles. The van der Waals surface area contributed by atoms with Crippen LogP contribution in [0.15, 0.2) is 36.4 Å². The summed E-state index contributed by atoms with van der Waals surface area (Å²) in [6.07, 6.45) is 8.53. The van der Waals surface area contributed by atoms with Crippen molar-refractivity contribution in [3.8, 4) is 5.75 Å². The van der Waals surface area contributed by atoms with Gasteiger partial charge in [-0.15, -0.1) is 0 Å². The van der Waals surface area contributed by atoms with Crippen molar-refractivity contribution >= 4 is 11.6 Å². The second-order valence-electron chi connectivity index (χ2n) is 5.91. The molecule has 4 heteroatoms. The van der Waals surface area contributed by atoms with E-state index in [2.05, 4.69) is 29.7 Å². The third kappa shape index (κ3) is 5.19. The van der Waals surface area contributed by atoms with Crippen molar-refractivity contribution in [1.29, 1.82) is 0 Å². The van der Waals surface area contributed by atoms with Gasteiger partial charge in [-0.05, 0) is 50.8 Å². The molecule has 0 radical (unpaired) electrons. The molecule has 1 aromatic carbocycles. The Labute approximate surface area is 132 Å². The molecule has 0 fully saturated rings. The third-order valence-electron chi connectivity index (χ3n) is 4.01. The van der Waals surface area contributed by atoms with Crippen LogP contribution in [-0.4, -0.2) is 25.6 Å². The van der Waals surface area contributed by atoms with Gasteiger partial charge in [0.15, 0.2) is 0 Å². The highest BCUT2D eigenvalue weighted by Crippen LogP contribution is 2.23. The van der Waals surface area contributed by atoms with Crippen LogP contribution in [0.3, 0.4) is 0 Å². The maximum atomic E-state index is 12.1. The summed E-state index contributed by atoms with van der Waals surface area (Å²) in [4.78, 5) is 12.1. The second kappa shape index (κ2) is 8.59. The fourth-order valence-corrected chi connectivity index (χ4v) is 2.71. The first-order valence-corrected chi connectivity index (χ1v) is 8.00. The number of hydrogen-bond acceptors (Lipinski definition) is 3. The quantitative estimate of drug-likeness (QED) is 0.759. The van der Waals surface area contributed by atoms with Gasteiger partial charge in [-0.2, -0.15) is 0 Å². The van der Waals surface area contributed by atoms with Crippen molar-refractivity contribution in [2.45, 2.75) is 38.6 Å². The second-order valence-corrected chi connectivity index (χ2v) is 5.91. The van der Waals surface area contributed by atoms with E-state index in [0.29, 0.717) is 18.1 Å². The number of anilines is 1. The number of ether oxygens (including phenoxy) is 1. The first kappa shape index (κ1) is 16.6. The van der Waals surface area contributed by atoms with Gasteiger partial charge in [-0.1, -0.05) is 24.3 Å². The highest BCUT2D eigenvalue weighted by Gasteiger charge is 2.14. The van der Waals surface area contributed by atoms with Crippen molar-refractivity contribution in [3.05, 3.63) is 36.4 Å². The number of hydrogen-bond donors (Lipinski definition) is 2. The largest absolute Gasteiger partial charge is 0.495 e. The van der Waals surface area contributed by atoms with Crippen LogP contribution in [0.2, 0.25) is 0 Å². The lowest BCUT2D eigenvalue weighted by molar-refractivity contribution is -0.116. The van der Waals surface area contributed by atoms with Crippen LogP contribution < -0.4 is 15.4 Å². The van der Waals surface area contributed by atoms with E-state index in [1.165, 1.54) is 12.8 Å². The Hall–Kier alpha value is -1.81. The predicted molar refractivity (Wildman–Crippen MR) is 90.2 cm³/mol. The van der Waals surface area contributed by atoms with Crippen molar-refractivity contribution in [2.75, 3.05) is 19.0 Å². The van der Waals surface area contributed by atoms with Crippen LogP contribution in [0.4, 0.5) is 5.69 Å². The Kier molecular flexibility index (Phi) is 6.46. The molecular weight excluding hydrogens is 276 g/mol. The van der Waals surface area contributed by atoms with Crippen molar-refractivity contribution in [2.24, 2.45) is 5.92 Å². The standard InChI is InChI=1S/C18H26N2O2/c1-14(19-13-15-8-4-3-5-9-15)12-18(21)20-16-10-6-7-11-17(16)22-2/h3-4,6-7,10-11,14-15,19H,5,8-9,12-13H2,1-2H3,(H,20,21)/t14-,15-/m0/s1. The molecule has 1 aliphatic carbocycles. The fraction of sp³-hybridized carbons (Fsp3) is 0.500. The summed E-state index contributed by atoms with van der Waals surface area (Å²) in [6, 6.07) is 7.63. The van der Waals surface area contributed by atoms with Gasteiger partial charge >= 0.3 is 0 Å². The summed E-state index contributed by atoms with van der Waals surface area (Å²) in [5.74, 6) is 1.39. The molecule has 22 heavy (non-hydrogen) atoms. The lowest BCUT2D eigenvalue weighted by atomic mass is 9.94. The monoisotopic (exact) mass is 302 g/mol. The zero-order valence-electron chi connectivity index (χ0n) is 13.5. The molecule has 0 unspecified atom stereocenters. The average molecular weight is 302 g/mol. The number of nitrogens with one attached hydrogen (secondary N) is 2. The first-order valence-electron chi connectivity index (χ1n) is 8.00. The molecule has 2 N–H and O–H groups in total. The van der Waals surface area contributed by atoms with E-state index < -0.39 is 0 Å². The molecule has 120 valence electrons. The van der Waals surface area contributed by atoms with Gasteiger partial charge in [0.1, 0.15) is 5.75 Å². The summed E-state index contributed by atoms with van der Waals surface area (Å²) in [7, 11) is 1.60. The average Bonchev–Trinajstić information content (AvgIpc) is 2.54. The van der Waals surface area contributed by atoms with Crippen molar-refractivity contribution < 1.29 is 9.53 Å². The van der Waals surface area contributed by atoms with Gasteiger partial charge in [0, 0.05) is 12.5 Å². The summed E-state index contributed by atoms with van der Waals surface area (Å²) < 4.78 is 5.24. The maximum absolute atomic E-state index is 12.1. The minimum Gasteiger partial charge on any atom is -0.495 e. The topological polar surface area (TPSA) is 50.4 Å². The zero-order valence-corrected chi connectivity index (χ0v) is 13.5. The van der Waals surface area contributed by atoms with E-state index in [-0.39, 0.29) is 11.9 Å². The minimum atomic E-state index is 0.00744. The number of amides is 1. The van der Waals surface area contributed by atoms with Crippen LogP contribution in [0.5, 0.6) is 5.75 Å². The van der Waals surface area contributed by atoms with Crippen LogP contribution in [0.1, 0.15) is 32.6 Å². The normalized spacial score (nSPS) is 18.7. The summed E-state index contributed by atoms with van der Waals surface area (Å²) in [6.45, 7) is 3.04. The fourth-order valence-electron chi connectivity index (χ4n) is 2.71. The number of allylic oxidation sites excluding steroid dienone is 2. The van der Waals surface area contributed by atoms with E-state index in [4.69, 9.17) is 4.74 Å². The lowest BCUT2D eigenvalue weighted by Crippen LogP contribution is -2.34. The van der Waals surface area contributed by atoms with Gasteiger partial charge in [0.05, 0.1) is 12.8 Å². The highest BCUT2D eigenvalue weighted by molar-refractivity contribution is 5.92. The third-order valence-corrected chi connectivity index (χ3v) is 4.01. The van der Waals surface area contributed by atoms with Gasteiger partial charge in [-0.25, -0.2) is 0 Å². The highest BCUT2D eigenvalue weighted by atomic mass is 16.5. The van der Waals surface area contributed by atoms with Crippen LogP contribution in [0.25, 0.3) is 0 Å². The number of rotatable bonds is 7. The van der Waals surface area contributed by atoms with E-state index in [1.54, 1.807) is 7.11 Å². The molecule has 1 aliphatic rings. The first-order chi connectivity index (χ1) is 10.7. The number of para-hydroxylation sites is 2. The minimum absolute atomic E-state index is 0.00744. The number of carbonyl (C=O) groups is 1. The number of methoxy groups -OCH3 is 1. The predicted octanol–water partition coefficient (Wildman–Crippen LogP) is 3.36. The Morgan fingerprint density at radius 1 is 1.36 bits per heavy atom. The van der Waals surface area contributed by atoms with Crippen LogP contribution in [-0.2, 0) is 4.79 Å². The Balaban J connectivity index is 1.75. The molecule has 0 bridgehead atoms. The molecule has 4 nitrogen and oxygen atoms in total. The molecular formula is C18H26N2O2. The smallest absolute Gasteiger partial charge is 0.226 e. The van der Waals surface area contributed by atoms with Crippen LogP contribution >= 0.6 is 0 Å². The van der Waals surface area contributed by atoms with Gasteiger partial charge in [-0.3, -0.25) is 4.79 Å². The van der Waals surface area contributed by atoms with E-state index in [0.717, 1.165) is 18.7 Å². The molecule has 1 aromatic rings. The maximum Gasteiger partial charge on any atom is 0.226 e. The summed E-state index contributed by atoms with van der Waals surface area (Å²) in [5, 5.41) is 6.39. The Morgan fingerprint density at radius 2 is 2.18 bits per heavy atom. The van der Waals surface area contributed by atoms with Gasteiger partial charge in [0.25, 0.3) is 0 Å². The summed E-state index contributed by atoms with van der Waals surface area (Å²) >= 11 is 0. The Bertz CT molecular complexity index is 514. The summed E-state index contributed by atoms with van der Waals surface area (Å²) in [5.41, 5.74) is 0.722. The SMILES string of the molecule is COc1ccccc1NC(=O)C[C@H](C)NC[C@H]1CC=CCC1. The van der Waals surface area contributed by atoms with E-state index in [9.17, 15) is 4.79 Å². The van der Waals surface area contributed by atoms with Gasteiger partial charge < -0.3 is 15.4 Å². The molecule has 0 saturated heterocycles. The zero-order chi connectivity index (χ0) is 15.8. The molecule has 2 atom stereocenters. The molecule has 2 rings (SSSR count). The molecule has 0 spiro atoms. The van der Waals surface area contributed by atoms with E-state index >= 15 is 0 Å². The van der Waals surface area contributed by atoms with Crippen molar-refractivity contribution in [1.82, 2.24) is 5.32 Å². The number of carbonyl (C=O) groups excluding carboxylic acids is 1. The van der Waals surface area contributed by atoms with Crippen molar-refractivity contribution in [3.63, 3.8) is 0 Å². The van der Waals surface area contributed by atoms with E-state index in [1.807, 2.05) is 24.3 Å². The molecule has 1 amide bonds. The number of benzene rings is 1. The van der Waals surface area contributed by atoms with Crippen LogP contribution in [0, 0.1) is 5.92 Å². The molecule has 0 aromatic heterocycles. The van der Waals surface area contributed by atoms with Gasteiger partial charge in [0.2, 0.25) is 5.91 Å².